The van der Waals surface area contributed by atoms with Crippen LogP contribution >= 0.6 is 0 Å². The van der Waals surface area contributed by atoms with Gasteiger partial charge in [0.2, 0.25) is 5.82 Å². The van der Waals surface area contributed by atoms with Crippen molar-refractivity contribution in [3.8, 4) is 11.4 Å². The Morgan fingerprint density at radius 1 is 1.25 bits per heavy atom. The highest BCUT2D eigenvalue weighted by Crippen LogP contribution is 2.22. The molecular weight excluding hydrogens is 302 g/mol. The second kappa shape index (κ2) is 7.53. The second-order valence-corrected chi connectivity index (χ2v) is 6.32. The van der Waals surface area contributed by atoms with Crippen LogP contribution in [0.5, 0.6) is 0 Å². The Hall–Kier alpha value is -2.28. The van der Waals surface area contributed by atoms with Gasteiger partial charge in [-0.25, -0.2) is 0 Å². The molecule has 7 nitrogen and oxygen atoms in total. The van der Waals surface area contributed by atoms with Gasteiger partial charge in [-0.3, -0.25) is 4.90 Å². The molecule has 0 spiro atoms. The number of nitrogens with two attached hydrogens (primary N) is 1. The Labute approximate surface area is 142 Å². The molecule has 1 aliphatic rings. The number of rotatable bonds is 5. The van der Waals surface area contributed by atoms with E-state index in [0.29, 0.717) is 11.7 Å². The Bertz CT molecular complexity index is 681. The minimum Gasteiger partial charge on any atom is -0.323 e. The highest BCUT2D eigenvalue weighted by atomic mass is 15.6. The second-order valence-electron chi connectivity index (χ2n) is 6.32. The highest BCUT2D eigenvalue weighted by molar-refractivity contribution is 5.86. The summed E-state index contributed by atoms with van der Waals surface area (Å²) in [6.45, 7) is 5.29. The van der Waals surface area contributed by atoms with Crippen LogP contribution in [-0.2, 0) is 13.6 Å². The molecular formula is C17H25N7. The van der Waals surface area contributed by atoms with Crippen LogP contribution in [0.2, 0.25) is 0 Å². The lowest BCUT2D eigenvalue weighted by molar-refractivity contribution is 0.201. The Kier molecular flexibility index (Phi) is 5.20. The van der Waals surface area contributed by atoms with Crippen molar-refractivity contribution in [3.63, 3.8) is 0 Å². The molecule has 2 heterocycles. The molecule has 1 fully saturated rings. The van der Waals surface area contributed by atoms with Crippen LogP contribution in [0.3, 0.4) is 0 Å². The molecule has 3 rings (SSSR count). The number of aromatic nitrogens is 4. The molecule has 0 amide bonds. The minimum absolute atomic E-state index is 0.557. The predicted octanol–water partition coefficient (Wildman–Crippen LogP) is 1.81. The SMILES string of the molecule is CC/C(=N/N)C1CCN(Cc2ccc(-c3nnn(C)n3)cc2)CC1. The maximum atomic E-state index is 5.49. The van der Waals surface area contributed by atoms with Gasteiger partial charge >= 0.3 is 0 Å². The molecule has 1 aromatic carbocycles. The molecule has 0 atom stereocenters. The minimum atomic E-state index is 0.557. The third kappa shape index (κ3) is 3.79. The lowest BCUT2D eigenvalue weighted by atomic mass is 9.90. The molecule has 2 N–H and O–H groups in total. The van der Waals surface area contributed by atoms with Crippen LogP contribution in [0.25, 0.3) is 11.4 Å². The first-order valence-corrected chi connectivity index (χ1v) is 8.52. The molecule has 7 heteroatoms. The molecule has 1 aliphatic heterocycles. The zero-order chi connectivity index (χ0) is 16.9. The number of piperidine rings is 1. The lowest BCUT2D eigenvalue weighted by Crippen LogP contribution is -2.36. The monoisotopic (exact) mass is 327 g/mol. The maximum absolute atomic E-state index is 5.49. The van der Waals surface area contributed by atoms with Gasteiger partial charge in [-0.05, 0) is 43.1 Å². The molecule has 24 heavy (non-hydrogen) atoms. The molecule has 1 aromatic heterocycles. The van der Waals surface area contributed by atoms with E-state index in [4.69, 9.17) is 5.84 Å². The number of nitrogens with zero attached hydrogens (tertiary/aromatic N) is 6. The summed E-state index contributed by atoms with van der Waals surface area (Å²) in [5.41, 5.74) is 3.47. The number of hydrazone groups is 1. The third-order valence-electron chi connectivity index (χ3n) is 4.71. The molecule has 0 radical (unpaired) electrons. The fourth-order valence-corrected chi connectivity index (χ4v) is 3.33. The van der Waals surface area contributed by atoms with Crippen LogP contribution in [0.4, 0.5) is 0 Å². The van der Waals surface area contributed by atoms with Gasteiger partial charge in [0.1, 0.15) is 0 Å². The van der Waals surface area contributed by atoms with E-state index >= 15 is 0 Å². The molecule has 0 aliphatic carbocycles. The first-order chi connectivity index (χ1) is 11.7. The van der Waals surface area contributed by atoms with Crippen molar-refractivity contribution in [2.45, 2.75) is 32.7 Å². The van der Waals surface area contributed by atoms with Gasteiger partial charge in [-0.15, -0.1) is 10.2 Å². The number of hydrogen-bond donors (Lipinski definition) is 1. The van der Waals surface area contributed by atoms with Gasteiger partial charge in [0, 0.05) is 23.7 Å². The molecule has 2 aromatic rings. The fraction of sp³-hybridized carbons (Fsp3) is 0.529. The van der Waals surface area contributed by atoms with Gasteiger partial charge in [0.25, 0.3) is 0 Å². The van der Waals surface area contributed by atoms with Crippen LogP contribution in [0.1, 0.15) is 31.7 Å². The predicted molar refractivity (Wildman–Crippen MR) is 94.1 cm³/mol. The fourth-order valence-electron chi connectivity index (χ4n) is 3.33. The smallest absolute Gasteiger partial charge is 0.204 e. The van der Waals surface area contributed by atoms with E-state index in [1.807, 2.05) is 0 Å². The Morgan fingerprint density at radius 2 is 1.96 bits per heavy atom. The van der Waals surface area contributed by atoms with Crippen LogP contribution in [0.15, 0.2) is 29.4 Å². The molecule has 1 saturated heterocycles. The number of tetrazole rings is 1. The summed E-state index contributed by atoms with van der Waals surface area (Å²) in [7, 11) is 1.77. The van der Waals surface area contributed by atoms with E-state index in [1.54, 1.807) is 7.05 Å². The van der Waals surface area contributed by atoms with Crippen LogP contribution in [0, 0.1) is 5.92 Å². The van der Waals surface area contributed by atoms with Crippen molar-refractivity contribution in [2.75, 3.05) is 13.1 Å². The van der Waals surface area contributed by atoms with Gasteiger partial charge in [-0.1, -0.05) is 31.2 Å². The summed E-state index contributed by atoms with van der Waals surface area (Å²) < 4.78 is 0. The van der Waals surface area contributed by atoms with Crippen LogP contribution in [-0.4, -0.2) is 43.9 Å². The summed E-state index contributed by atoms with van der Waals surface area (Å²) in [4.78, 5) is 3.97. The first kappa shape index (κ1) is 16.6. The van der Waals surface area contributed by atoms with E-state index in [1.165, 1.54) is 10.4 Å². The van der Waals surface area contributed by atoms with E-state index in [2.05, 4.69) is 56.6 Å². The van der Waals surface area contributed by atoms with Crippen molar-refractivity contribution < 1.29 is 0 Å². The Balaban J connectivity index is 1.56. The maximum Gasteiger partial charge on any atom is 0.204 e. The van der Waals surface area contributed by atoms with Crippen molar-refractivity contribution in [1.82, 2.24) is 25.1 Å². The van der Waals surface area contributed by atoms with Crippen molar-refractivity contribution >= 4 is 5.71 Å². The molecule has 0 unspecified atom stereocenters. The number of likely N-dealkylation sites (tertiary alicyclic amines) is 1. The lowest BCUT2D eigenvalue weighted by Gasteiger charge is -2.32. The summed E-state index contributed by atoms with van der Waals surface area (Å²) in [6.07, 6.45) is 3.25. The van der Waals surface area contributed by atoms with Gasteiger partial charge < -0.3 is 5.84 Å². The van der Waals surface area contributed by atoms with Gasteiger partial charge in [-0.2, -0.15) is 9.90 Å². The van der Waals surface area contributed by atoms with Crippen molar-refractivity contribution in [2.24, 2.45) is 23.9 Å². The third-order valence-corrected chi connectivity index (χ3v) is 4.71. The number of aryl methyl sites for hydroxylation is 1. The largest absolute Gasteiger partial charge is 0.323 e. The van der Waals surface area contributed by atoms with Gasteiger partial charge in [0.05, 0.1) is 7.05 Å². The normalized spacial score (nSPS) is 17.3. The first-order valence-electron chi connectivity index (χ1n) is 8.52. The zero-order valence-electron chi connectivity index (χ0n) is 14.4. The average Bonchev–Trinajstić information content (AvgIpc) is 3.05. The van der Waals surface area contributed by atoms with Gasteiger partial charge in [0.15, 0.2) is 0 Å². The molecule has 0 saturated carbocycles. The number of benzene rings is 1. The van der Waals surface area contributed by atoms with Crippen molar-refractivity contribution in [3.05, 3.63) is 29.8 Å². The average molecular weight is 327 g/mol. The van der Waals surface area contributed by atoms with E-state index in [9.17, 15) is 0 Å². The van der Waals surface area contributed by atoms with Crippen LogP contribution < -0.4 is 5.84 Å². The molecule has 128 valence electrons. The number of hydrogen-bond acceptors (Lipinski definition) is 6. The summed E-state index contributed by atoms with van der Waals surface area (Å²) in [6, 6.07) is 8.43. The quantitative estimate of drug-likeness (QED) is 0.514. The zero-order valence-corrected chi connectivity index (χ0v) is 14.4. The molecule has 0 bridgehead atoms. The van der Waals surface area contributed by atoms with E-state index < -0.39 is 0 Å². The Morgan fingerprint density at radius 3 is 2.50 bits per heavy atom. The van der Waals surface area contributed by atoms with Crippen molar-refractivity contribution in [1.29, 1.82) is 0 Å². The standard InChI is InChI=1S/C17H25N7/c1-3-16(19-18)14-8-10-24(11-9-14)12-13-4-6-15(7-5-13)17-20-22-23(2)21-17/h4-7,14H,3,8-12,18H2,1-2H3/b19-16-. The topological polar surface area (TPSA) is 85.2 Å². The summed E-state index contributed by atoms with van der Waals surface area (Å²) in [5, 5.41) is 16.1. The summed E-state index contributed by atoms with van der Waals surface area (Å²) >= 11 is 0. The van der Waals surface area contributed by atoms with E-state index in [0.717, 1.165) is 50.2 Å². The highest BCUT2D eigenvalue weighted by Gasteiger charge is 2.22. The summed E-state index contributed by atoms with van der Waals surface area (Å²) in [5.74, 6) is 6.72. The van der Waals surface area contributed by atoms with E-state index in [-0.39, 0.29) is 0 Å².